The van der Waals surface area contributed by atoms with Crippen molar-refractivity contribution in [1.29, 1.82) is 0 Å². The third-order valence-corrected chi connectivity index (χ3v) is 7.90. The Bertz CT molecular complexity index is 1790. The number of aromatic nitrogens is 2. The summed E-state index contributed by atoms with van der Waals surface area (Å²) in [5.74, 6) is -1.79. The minimum Gasteiger partial charge on any atom is -0.493 e. The number of benzene rings is 3. The van der Waals surface area contributed by atoms with Crippen molar-refractivity contribution in [3.8, 4) is 17.0 Å². The molecule has 1 heterocycles. The number of sulfonamides is 1. The number of nitro groups is 2. The van der Waals surface area contributed by atoms with E-state index in [0.717, 1.165) is 36.5 Å². The predicted octanol–water partition coefficient (Wildman–Crippen LogP) is 5.86. The van der Waals surface area contributed by atoms with E-state index in [1.54, 1.807) is 13.0 Å². The Labute approximate surface area is 242 Å². The minimum absolute atomic E-state index is 0.0423. The maximum absolute atomic E-state index is 15.3. The van der Waals surface area contributed by atoms with Gasteiger partial charge in [-0.2, -0.15) is 0 Å². The van der Waals surface area contributed by atoms with Crippen molar-refractivity contribution in [3.63, 3.8) is 0 Å². The van der Waals surface area contributed by atoms with Crippen LogP contribution in [0.25, 0.3) is 11.3 Å². The number of ether oxygens (including phenoxy) is 1. The molecule has 0 bridgehead atoms. The van der Waals surface area contributed by atoms with Crippen LogP contribution in [0.4, 0.5) is 25.8 Å². The Hall–Kier alpha value is -4.76. The predicted molar refractivity (Wildman–Crippen MR) is 148 cm³/mol. The van der Waals surface area contributed by atoms with E-state index in [-0.39, 0.29) is 41.0 Å². The van der Waals surface area contributed by atoms with E-state index in [1.165, 1.54) is 24.3 Å². The molecule has 4 rings (SSSR count). The van der Waals surface area contributed by atoms with Gasteiger partial charge in [0.05, 0.1) is 34.4 Å². The molecule has 0 spiro atoms. The summed E-state index contributed by atoms with van der Waals surface area (Å²) in [5.41, 5.74) is -1.32. The maximum atomic E-state index is 15.3. The molecule has 0 aliphatic rings. The van der Waals surface area contributed by atoms with Crippen molar-refractivity contribution in [3.05, 3.63) is 110 Å². The van der Waals surface area contributed by atoms with Crippen molar-refractivity contribution < 1.29 is 31.8 Å². The van der Waals surface area contributed by atoms with Gasteiger partial charge in [-0.1, -0.05) is 12.1 Å². The Morgan fingerprint density at radius 3 is 2.45 bits per heavy atom. The molecular formula is C26H20ClF2N5O7S. The number of para-hydroxylation sites is 1. The zero-order valence-corrected chi connectivity index (χ0v) is 23.2. The fourth-order valence-corrected chi connectivity index (χ4v) is 5.83. The molecule has 218 valence electrons. The molecule has 0 atom stereocenters. The molecule has 16 heteroatoms. The van der Waals surface area contributed by atoms with Crippen LogP contribution >= 0.6 is 11.6 Å². The lowest BCUT2D eigenvalue weighted by molar-refractivity contribution is -0.387. The van der Waals surface area contributed by atoms with Crippen LogP contribution in [0.5, 0.6) is 5.75 Å². The quantitative estimate of drug-likeness (QED) is 0.0866. The minimum atomic E-state index is -4.79. The van der Waals surface area contributed by atoms with E-state index in [4.69, 9.17) is 16.3 Å². The number of aryl methyl sites for hydroxylation is 1. The molecule has 0 fully saturated rings. The van der Waals surface area contributed by atoms with E-state index in [1.807, 2.05) is 0 Å². The van der Waals surface area contributed by atoms with Crippen LogP contribution in [0, 0.1) is 38.8 Å². The van der Waals surface area contributed by atoms with Crippen molar-refractivity contribution in [2.45, 2.75) is 18.2 Å². The summed E-state index contributed by atoms with van der Waals surface area (Å²) >= 11 is 5.79. The van der Waals surface area contributed by atoms with Crippen LogP contribution in [-0.2, 0) is 10.0 Å². The first-order valence-corrected chi connectivity index (χ1v) is 13.8. The molecule has 0 radical (unpaired) electrons. The van der Waals surface area contributed by atoms with Crippen LogP contribution in [-0.4, -0.2) is 41.4 Å². The molecule has 3 aromatic carbocycles. The summed E-state index contributed by atoms with van der Waals surface area (Å²) in [6.45, 7) is 1.01. The number of halogens is 3. The highest BCUT2D eigenvalue weighted by Crippen LogP contribution is 2.34. The fraction of sp³-hybridized carbons (Fsp3) is 0.154. The van der Waals surface area contributed by atoms with Crippen LogP contribution in [0.15, 0.2) is 71.8 Å². The average Bonchev–Trinajstić information content (AvgIpc) is 2.94. The molecule has 0 amide bonds. The zero-order valence-electron chi connectivity index (χ0n) is 21.6. The van der Waals surface area contributed by atoms with Crippen LogP contribution < -0.4 is 9.04 Å². The average molecular weight is 620 g/mol. The van der Waals surface area contributed by atoms with Crippen molar-refractivity contribution in [1.82, 2.24) is 9.97 Å². The van der Waals surface area contributed by atoms with Gasteiger partial charge in [-0.15, -0.1) is 0 Å². The number of rotatable bonds is 11. The van der Waals surface area contributed by atoms with Gasteiger partial charge in [-0.25, -0.2) is 27.2 Å². The van der Waals surface area contributed by atoms with Crippen molar-refractivity contribution in [2.24, 2.45) is 0 Å². The van der Waals surface area contributed by atoms with E-state index in [9.17, 15) is 33.0 Å². The number of nitrogens with zero attached hydrogens (tertiary/aromatic N) is 5. The summed E-state index contributed by atoms with van der Waals surface area (Å²) in [7, 11) is -4.79. The first kappa shape index (κ1) is 30.2. The van der Waals surface area contributed by atoms with Gasteiger partial charge >= 0.3 is 0 Å². The summed E-state index contributed by atoms with van der Waals surface area (Å²) in [5, 5.41) is 22.5. The third-order valence-electron chi connectivity index (χ3n) is 5.85. The van der Waals surface area contributed by atoms with E-state index in [0.29, 0.717) is 9.87 Å². The largest absolute Gasteiger partial charge is 0.493 e. The number of hydrogen-bond donors (Lipinski definition) is 0. The first-order chi connectivity index (χ1) is 19.9. The maximum Gasteiger partial charge on any atom is 0.289 e. The Balaban J connectivity index is 1.73. The van der Waals surface area contributed by atoms with Crippen LogP contribution in [0.3, 0.4) is 0 Å². The lowest BCUT2D eigenvalue weighted by Crippen LogP contribution is -2.34. The van der Waals surface area contributed by atoms with Crippen molar-refractivity contribution in [2.75, 3.05) is 17.5 Å². The molecular weight excluding hydrogens is 600 g/mol. The van der Waals surface area contributed by atoms with E-state index in [2.05, 4.69) is 9.97 Å². The van der Waals surface area contributed by atoms with E-state index >= 15 is 4.39 Å². The summed E-state index contributed by atoms with van der Waals surface area (Å²) in [6, 6.07) is 11.7. The number of anilines is 1. The molecule has 0 aliphatic carbocycles. The second-order valence-electron chi connectivity index (χ2n) is 8.77. The lowest BCUT2D eigenvalue weighted by atomic mass is 10.1. The Morgan fingerprint density at radius 2 is 1.74 bits per heavy atom. The summed E-state index contributed by atoms with van der Waals surface area (Å²) < 4.78 is 63.6. The SMILES string of the molecule is Cc1cc(OCCCN(c2cc(-c3nc(Cl)ncc3F)ccc2F)S(=O)(=O)c2ccccc2[N+](=O)[O-])cc([N+](=O)[O-])c1. The van der Waals surface area contributed by atoms with Gasteiger partial charge in [0.1, 0.15) is 17.3 Å². The molecule has 0 N–H and O–H groups in total. The van der Waals surface area contributed by atoms with Gasteiger partial charge < -0.3 is 4.74 Å². The summed E-state index contributed by atoms with van der Waals surface area (Å²) in [4.78, 5) is 27.9. The van der Waals surface area contributed by atoms with Gasteiger partial charge in [0, 0.05) is 30.7 Å². The van der Waals surface area contributed by atoms with Crippen LogP contribution in [0.2, 0.25) is 5.28 Å². The highest BCUT2D eigenvalue weighted by molar-refractivity contribution is 7.93. The van der Waals surface area contributed by atoms with Gasteiger partial charge in [-0.3, -0.25) is 24.5 Å². The van der Waals surface area contributed by atoms with Gasteiger partial charge in [0.2, 0.25) is 5.28 Å². The molecule has 0 aliphatic heterocycles. The first-order valence-electron chi connectivity index (χ1n) is 12.0. The normalized spacial score (nSPS) is 11.2. The van der Waals surface area contributed by atoms with Crippen LogP contribution in [0.1, 0.15) is 12.0 Å². The monoisotopic (exact) mass is 619 g/mol. The second kappa shape index (κ2) is 12.4. The van der Waals surface area contributed by atoms with E-state index < -0.39 is 54.3 Å². The highest BCUT2D eigenvalue weighted by atomic mass is 35.5. The molecule has 1 aromatic heterocycles. The topological polar surface area (TPSA) is 159 Å². The zero-order chi connectivity index (χ0) is 30.6. The molecule has 4 aromatic rings. The molecule has 0 unspecified atom stereocenters. The Morgan fingerprint density at radius 1 is 1.00 bits per heavy atom. The Kier molecular flexibility index (Phi) is 8.92. The number of non-ortho nitro benzene ring substituents is 1. The second-order valence-corrected chi connectivity index (χ2v) is 10.9. The number of nitro benzene ring substituents is 2. The molecule has 12 nitrogen and oxygen atoms in total. The third kappa shape index (κ3) is 6.58. The highest BCUT2D eigenvalue weighted by Gasteiger charge is 2.33. The molecule has 0 saturated heterocycles. The smallest absolute Gasteiger partial charge is 0.289 e. The van der Waals surface area contributed by atoms with Gasteiger partial charge in [0.15, 0.2) is 10.7 Å². The lowest BCUT2D eigenvalue weighted by Gasteiger charge is -2.25. The summed E-state index contributed by atoms with van der Waals surface area (Å²) in [6.07, 6.45) is 0.710. The fourth-order valence-electron chi connectivity index (χ4n) is 4.03. The molecule has 0 saturated carbocycles. The van der Waals surface area contributed by atoms with Gasteiger partial charge in [0.25, 0.3) is 21.4 Å². The number of hydrogen-bond acceptors (Lipinski definition) is 9. The van der Waals surface area contributed by atoms with Gasteiger partial charge in [-0.05, 0) is 54.4 Å². The van der Waals surface area contributed by atoms with Crippen molar-refractivity contribution >= 4 is 38.7 Å². The standard InChI is InChI=1S/C26H20ClF2N5O7S/c1-16-11-18(33(35)36)14-19(12-16)41-10-4-9-32(42(39,40)24-6-3-2-5-22(24)34(37)38)23-13-17(7-8-20(23)28)25-21(29)15-30-26(27)31-25/h2-3,5-8,11-15H,4,9-10H2,1H3. The molecule has 42 heavy (non-hydrogen) atoms.